The quantitative estimate of drug-likeness (QED) is 0.533. The number of halogens is 2. The minimum Gasteiger partial charge on any atom is -0.390 e. The van der Waals surface area contributed by atoms with E-state index in [1.807, 2.05) is 0 Å². The molecule has 1 aromatic heterocycles. The van der Waals surface area contributed by atoms with Crippen LogP contribution >= 0.6 is 23.2 Å². The summed E-state index contributed by atoms with van der Waals surface area (Å²) >= 11 is 11.5. The number of tetrazole rings is 1. The number of aliphatic hydroxyl groups excluding tert-OH is 1. The van der Waals surface area contributed by atoms with E-state index in [-0.39, 0.29) is 28.2 Å². The summed E-state index contributed by atoms with van der Waals surface area (Å²) in [5.74, 6) is 0.178. The number of aromatic nitrogens is 4. The minimum atomic E-state index is -4.02. The van der Waals surface area contributed by atoms with Crippen molar-refractivity contribution < 1.29 is 13.5 Å². The molecule has 120 valence electrons. The molecule has 0 spiro atoms. The number of alkyl halides is 1. The van der Waals surface area contributed by atoms with Gasteiger partial charge in [0.2, 0.25) is 15.8 Å². The molecular formula is C10H12Cl2N6O3S. The highest BCUT2D eigenvalue weighted by atomic mass is 35.5. The third-order valence-corrected chi connectivity index (χ3v) is 4.40. The molecule has 2 rings (SSSR count). The first kappa shape index (κ1) is 16.9. The molecule has 0 aliphatic carbocycles. The van der Waals surface area contributed by atoms with Gasteiger partial charge in [0, 0.05) is 17.8 Å². The van der Waals surface area contributed by atoms with Crippen LogP contribution in [0.5, 0.6) is 0 Å². The Bertz CT molecular complexity index is 752. The Morgan fingerprint density at radius 1 is 1.45 bits per heavy atom. The number of aliphatic hydroxyl groups is 1. The maximum absolute atomic E-state index is 11.6. The number of rotatable bonds is 6. The number of sulfonamides is 1. The Hall–Kier alpha value is -1.46. The number of nitrogens with two attached hydrogens (primary N) is 1. The lowest BCUT2D eigenvalue weighted by atomic mass is 10.1. The van der Waals surface area contributed by atoms with Gasteiger partial charge in [-0.05, 0) is 17.3 Å². The fraction of sp³-hybridized carbons (Fsp3) is 0.300. The molecule has 0 aliphatic rings. The Kier molecular flexibility index (Phi) is 5.19. The molecule has 1 aromatic carbocycles. The van der Waals surface area contributed by atoms with Crippen LogP contribution in [0, 0.1) is 0 Å². The molecule has 1 unspecified atom stereocenters. The van der Waals surface area contributed by atoms with Crippen LogP contribution in [-0.4, -0.2) is 52.7 Å². The monoisotopic (exact) mass is 366 g/mol. The number of hydrogen-bond acceptors (Lipinski definition) is 7. The van der Waals surface area contributed by atoms with Gasteiger partial charge in [-0.1, -0.05) is 11.6 Å². The molecule has 22 heavy (non-hydrogen) atoms. The lowest BCUT2D eigenvalue weighted by molar-refractivity contribution is 0.211. The Labute approximate surface area is 135 Å². The number of aromatic amines is 1. The molecular weight excluding hydrogens is 355 g/mol. The van der Waals surface area contributed by atoms with Crippen molar-refractivity contribution in [2.24, 2.45) is 5.14 Å². The largest absolute Gasteiger partial charge is 0.390 e. The van der Waals surface area contributed by atoms with E-state index in [2.05, 4.69) is 25.9 Å². The van der Waals surface area contributed by atoms with Gasteiger partial charge >= 0.3 is 0 Å². The van der Waals surface area contributed by atoms with Gasteiger partial charge in [0.15, 0.2) is 0 Å². The van der Waals surface area contributed by atoms with E-state index < -0.39 is 16.1 Å². The second-order valence-corrected chi connectivity index (χ2v) is 6.54. The average molecular weight is 367 g/mol. The minimum absolute atomic E-state index is 0.0353. The maximum atomic E-state index is 11.6. The van der Waals surface area contributed by atoms with E-state index in [0.717, 1.165) is 0 Å². The number of H-pyrrole nitrogens is 1. The van der Waals surface area contributed by atoms with E-state index in [1.54, 1.807) is 0 Å². The average Bonchev–Trinajstić information content (AvgIpc) is 2.97. The smallest absolute Gasteiger partial charge is 0.239 e. The lowest BCUT2D eigenvalue weighted by Crippen LogP contribution is -2.21. The highest BCUT2D eigenvalue weighted by molar-refractivity contribution is 7.89. The third kappa shape index (κ3) is 3.84. The zero-order valence-electron chi connectivity index (χ0n) is 11.0. The normalized spacial score (nSPS) is 13.1. The number of benzene rings is 1. The molecule has 0 fully saturated rings. The van der Waals surface area contributed by atoms with Gasteiger partial charge in [-0.25, -0.2) is 13.6 Å². The number of nitrogens with zero attached hydrogens (tertiary/aromatic N) is 3. The number of anilines is 1. The molecule has 0 radical (unpaired) electrons. The summed E-state index contributed by atoms with van der Waals surface area (Å²) in [6.45, 7) is 0.124. The van der Waals surface area contributed by atoms with Crippen molar-refractivity contribution in [3.8, 4) is 11.4 Å². The first-order valence-corrected chi connectivity index (χ1v) is 8.37. The predicted molar refractivity (Wildman–Crippen MR) is 81.2 cm³/mol. The molecule has 0 aliphatic heterocycles. The van der Waals surface area contributed by atoms with Gasteiger partial charge in [0.05, 0.1) is 17.0 Å². The first-order valence-electron chi connectivity index (χ1n) is 5.91. The van der Waals surface area contributed by atoms with Crippen LogP contribution in [0.2, 0.25) is 5.02 Å². The maximum Gasteiger partial charge on any atom is 0.239 e. The Balaban J connectivity index is 2.50. The van der Waals surface area contributed by atoms with Crippen molar-refractivity contribution in [3.63, 3.8) is 0 Å². The van der Waals surface area contributed by atoms with Gasteiger partial charge < -0.3 is 10.4 Å². The molecule has 5 N–H and O–H groups in total. The highest BCUT2D eigenvalue weighted by Crippen LogP contribution is 2.33. The summed E-state index contributed by atoms with van der Waals surface area (Å²) < 4.78 is 23.1. The van der Waals surface area contributed by atoms with Crippen molar-refractivity contribution in [2.45, 2.75) is 11.0 Å². The summed E-state index contributed by atoms with van der Waals surface area (Å²) in [5.41, 5.74) is 0.715. The van der Waals surface area contributed by atoms with Gasteiger partial charge in [-0.3, -0.25) is 0 Å². The van der Waals surface area contributed by atoms with Crippen molar-refractivity contribution in [1.29, 1.82) is 0 Å². The van der Waals surface area contributed by atoms with Crippen molar-refractivity contribution in [3.05, 3.63) is 17.2 Å². The van der Waals surface area contributed by atoms with Crippen LogP contribution in [0.1, 0.15) is 0 Å². The fourth-order valence-corrected chi connectivity index (χ4v) is 2.87. The van der Waals surface area contributed by atoms with Crippen molar-refractivity contribution in [2.75, 3.05) is 17.7 Å². The molecule has 2 aromatic rings. The van der Waals surface area contributed by atoms with Crippen LogP contribution in [-0.2, 0) is 10.0 Å². The Morgan fingerprint density at radius 3 is 2.73 bits per heavy atom. The lowest BCUT2D eigenvalue weighted by Gasteiger charge is -2.14. The zero-order chi connectivity index (χ0) is 16.3. The number of nitrogens with one attached hydrogen (secondary N) is 2. The summed E-state index contributed by atoms with van der Waals surface area (Å²) in [7, 11) is -4.02. The first-order chi connectivity index (χ1) is 10.3. The van der Waals surface area contributed by atoms with E-state index >= 15 is 0 Å². The number of hydrogen-bond donors (Lipinski definition) is 4. The third-order valence-electron chi connectivity index (χ3n) is 2.67. The van der Waals surface area contributed by atoms with Gasteiger partial charge in [-0.2, -0.15) is 5.21 Å². The van der Waals surface area contributed by atoms with Crippen molar-refractivity contribution >= 4 is 38.9 Å². The summed E-state index contributed by atoms with van der Waals surface area (Å²) in [5, 5.41) is 30.7. The topological polar surface area (TPSA) is 147 Å². The van der Waals surface area contributed by atoms with Crippen molar-refractivity contribution in [1.82, 2.24) is 20.6 Å². The van der Waals surface area contributed by atoms with E-state index in [4.69, 9.17) is 28.3 Å². The standard InChI is InChI=1S/C10H12Cl2N6O3S/c11-3-5(19)4-14-8-2-7(12)9(22(13,20)21)1-6(8)10-15-17-18-16-10/h1-2,5,14,19H,3-4H2,(H2,13,20,21)(H,15,16,17,18). The molecule has 0 amide bonds. The van der Waals surface area contributed by atoms with Crippen LogP contribution in [0.15, 0.2) is 17.0 Å². The molecule has 0 saturated heterocycles. The van der Waals surface area contributed by atoms with E-state index in [9.17, 15) is 13.5 Å². The van der Waals surface area contributed by atoms with Gasteiger partial charge in [0.1, 0.15) is 4.90 Å². The van der Waals surface area contributed by atoms with Crippen LogP contribution < -0.4 is 10.5 Å². The van der Waals surface area contributed by atoms with E-state index in [1.165, 1.54) is 12.1 Å². The zero-order valence-corrected chi connectivity index (χ0v) is 13.3. The summed E-state index contributed by atoms with van der Waals surface area (Å²) in [6, 6.07) is 2.59. The predicted octanol–water partition coefficient (Wildman–Crippen LogP) is 0.179. The van der Waals surface area contributed by atoms with Crippen LogP contribution in [0.4, 0.5) is 5.69 Å². The molecule has 0 saturated carbocycles. The highest BCUT2D eigenvalue weighted by Gasteiger charge is 2.20. The molecule has 9 nitrogen and oxygen atoms in total. The molecule has 0 bridgehead atoms. The molecule has 1 atom stereocenters. The second-order valence-electron chi connectivity index (χ2n) is 4.30. The summed E-state index contributed by atoms with van der Waals surface area (Å²) in [6.07, 6.45) is -0.795. The Morgan fingerprint density at radius 2 is 2.18 bits per heavy atom. The second kappa shape index (κ2) is 6.75. The SMILES string of the molecule is NS(=O)(=O)c1cc(-c2nn[nH]n2)c(NCC(O)CCl)cc1Cl. The van der Waals surface area contributed by atoms with E-state index in [0.29, 0.717) is 11.3 Å². The van der Waals surface area contributed by atoms with Crippen LogP contribution in [0.25, 0.3) is 11.4 Å². The summed E-state index contributed by atoms with van der Waals surface area (Å²) in [4.78, 5) is -0.266. The van der Waals surface area contributed by atoms with Gasteiger partial charge in [0.25, 0.3) is 0 Å². The van der Waals surface area contributed by atoms with Gasteiger partial charge in [-0.15, -0.1) is 21.8 Å². The fourth-order valence-electron chi connectivity index (χ4n) is 1.66. The molecule has 12 heteroatoms. The number of primary sulfonamides is 1. The molecule has 1 heterocycles. The van der Waals surface area contributed by atoms with Crippen LogP contribution in [0.3, 0.4) is 0 Å².